The second kappa shape index (κ2) is 7.86. The van der Waals surface area contributed by atoms with Crippen LogP contribution in [-0.2, 0) is 16.1 Å². The van der Waals surface area contributed by atoms with Gasteiger partial charge in [-0.1, -0.05) is 17.7 Å². The van der Waals surface area contributed by atoms with E-state index in [2.05, 4.69) is 31.3 Å². The van der Waals surface area contributed by atoms with Crippen molar-refractivity contribution in [2.75, 3.05) is 5.32 Å². The van der Waals surface area contributed by atoms with E-state index in [0.717, 1.165) is 6.42 Å². The van der Waals surface area contributed by atoms with Crippen LogP contribution in [0.2, 0.25) is 5.02 Å². The average molecular weight is 518 g/mol. The molecule has 3 amide bonds. The van der Waals surface area contributed by atoms with Crippen molar-refractivity contribution in [2.24, 2.45) is 11.7 Å². The third-order valence-corrected chi connectivity index (χ3v) is 6.57. The number of likely N-dealkylation sites (tertiary alicyclic amines) is 1. The maximum atomic E-state index is 13.3. The summed E-state index contributed by atoms with van der Waals surface area (Å²) in [4.78, 5) is 43.9. The van der Waals surface area contributed by atoms with Gasteiger partial charge in [0.2, 0.25) is 11.8 Å². The number of anilines is 1. The molecular formula is C21H18BrClN6O3. The van der Waals surface area contributed by atoms with E-state index in [-0.39, 0.29) is 30.1 Å². The van der Waals surface area contributed by atoms with Crippen LogP contribution in [0.1, 0.15) is 23.3 Å². The fraction of sp³-hybridized carbons (Fsp3) is 0.286. The molecule has 32 heavy (non-hydrogen) atoms. The van der Waals surface area contributed by atoms with Crippen molar-refractivity contribution < 1.29 is 14.4 Å². The molecule has 0 radical (unpaired) electrons. The summed E-state index contributed by atoms with van der Waals surface area (Å²) in [5.74, 6) is -0.489. The minimum atomic E-state index is -0.689. The third-order valence-electron chi connectivity index (χ3n) is 5.89. The zero-order chi connectivity index (χ0) is 22.6. The Hall–Kier alpha value is -2.98. The number of nitrogens with two attached hydrogens (primary N) is 1. The van der Waals surface area contributed by atoms with Gasteiger partial charge in [-0.25, -0.2) is 4.98 Å². The molecule has 2 fully saturated rings. The highest BCUT2D eigenvalue weighted by atomic mass is 79.9. The van der Waals surface area contributed by atoms with E-state index in [1.807, 2.05) is 0 Å². The largest absolute Gasteiger partial charge is 0.364 e. The van der Waals surface area contributed by atoms with Gasteiger partial charge in [-0.15, -0.1) is 0 Å². The van der Waals surface area contributed by atoms with Crippen molar-refractivity contribution in [3.63, 3.8) is 0 Å². The number of primary amides is 1. The molecule has 2 aromatic heterocycles. The topological polar surface area (TPSA) is 123 Å². The summed E-state index contributed by atoms with van der Waals surface area (Å²) in [6, 6.07) is 9.59. The Bertz CT molecular complexity index is 1280. The van der Waals surface area contributed by atoms with Crippen molar-refractivity contribution in [1.29, 1.82) is 0 Å². The number of nitrogens with one attached hydrogen (secondary N) is 1. The molecule has 3 N–H and O–H groups in total. The van der Waals surface area contributed by atoms with Crippen LogP contribution in [0.15, 0.2) is 41.0 Å². The monoisotopic (exact) mass is 516 g/mol. The number of hydrogen-bond donors (Lipinski definition) is 2. The van der Waals surface area contributed by atoms with E-state index >= 15 is 0 Å². The minimum absolute atomic E-state index is 0.0368. The number of hydrogen-bond acceptors (Lipinski definition) is 5. The van der Waals surface area contributed by atoms with Gasteiger partial charge < -0.3 is 16.0 Å². The Labute approximate surface area is 196 Å². The molecule has 1 saturated heterocycles. The van der Waals surface area contributed by atoms with Crippen molar-refractivity contribution in [3.05, 3.63) is 51.7 Å². The molecule has 9 nitrogen and oxygen atoms in total. The van der Waals surface area contributed by atoms with E-state index in [1.165, 1.54) is 4.68 Å². The molecule has 1 aliphatic carbocycles. The zero-order valence-corrected chi connectivity index (χ0v) is 19.0. The highest BCUT2D eigenvalue weighted by molar-refractivity contribution is 9.10. The molecule has 0 spiro atoms. The predicted octanol–water partition coefficient (Wildman–Crippen LogP) is 2.57. The number of rotatable bonds is 5. The van der Waals surface area contributed by atoms with Gasteiger partial charge in [0, 0.05) is 16.5 Å². The molecule has 3 atom stereocenters. The molecule has 3 aromatic rings. The highest BCUT2D eigenvalue weighted by Crippen LogP contribution is 2.48. The molecule has 3 heterocycles. The molecule has 11 heteroatoms. The van der Waals surface area contributed by atoms with Gasteiger partial charge in [0.05, 0.1) is 5.52 Å². The second-order valence-electron chi connectivity index (χ2n) is 7.98. The fourth-order valence-electron chi connectivity index (χ4n) is 4.40. The molecule has 1 saturated carbocycles. The van der Waals surface area contributed by atoms with Crippen molar-refractivity contribution >= 4 is 62.0 Å². The van der Waals surface area contributed by atoms with Crippen LogP contribution in [0.3, 0.4) is 0 Å². The second-order valence-corrected chi connectivity index (χ2v) is 9.23. The first-order valence-electron chi connectivity index (χ1n) is 10.0. The van der Waals surface area contributed by atoms with Crippen LogP contribution in [0, 0.1) is 5.92 Å². The summed E-state index contributed by atoms with van der Waals surface area (Å²) in [6.07, 6.45) is 1.48. The number of pyridine rings is 1. The summed E-state index contributed by atoms with van der Waals surface area (Å²) < 4.78 is 2.02. The summed E-state index contributed by atoms with van der Waals surface area (Å²) in [6.45, 7) is -0.133. The first-order valence-corrected chi connectivity index (χ1v) is 11.2. The zero-order valence-electron chi connectivity index (χ0n) is 16.7. The average Bonchev–Trinajstić information content (AvgIpc) is 3.25. The van der Waals surface area contributed by atoms with E-state index in [9.17, 15) is 14.4 Å². The lowest BCUT2D eigenvalue weighted by Gasteiger charge is -2.26. The van der Waals surface area contributed by atoms with Gasteiger partial charge in [0.1, 0.15) is 23.0 Å². The van der Waals surface area contributed by atoms with Gasteiger partial charge in [-0.3, -0.25) is 19.1 Å². The number of carbonyl (C=O) groups excluding carboxylic acids is 3. The van der Waals surface area contributed by atoms with Gasteiger partial charge in [-0.2, -0.15) is 5.10 Å². The minimum Gasteiger partial charge on any atom is -0.364 e. The predicted molar refractivity (Wildman–Crippen MR) is 121 cm³/mol. The first kappa shape index (κ1) is 20.9. The Balaban J connectivity index is 1.39. The van der Waals surface area contributed by atoms with Gasteiger partial charge >= 0.3 is 0 Å². The van der Waals surface area contributed by atoms with Crippen LogP contribution in [0.25, 0.3) is 10.9 Å². The van der Waals surface area contributed by atoms with Crippen LogP contribution in [0.4, 0.5) is 5.82 Å². The quantitative estimate of drug-likeness (QED) is 0.504. The number of benzene rings is 1. The van der Waals surface area contributed by atoms with Crippen LogP contribution >= 0.6 is 27.5 Å². The first-order chi connectivity index (χ1) is 15.3. The maximum absolute atomic E-state index is 13.3. The Morgan fingerprint density at radius 1 is 1.22 bits per heavy atom. The molecule has 2 aliphatic rings. The van der Waals surface area contributed by atoms with Crippen molar-refractivity contribution in [2.45, 2.75) is 31.5 Å². The van der Waals surface area contributed by atoms with Crippen molar-refractivity contribution in [3.8, 4) is 0 Å². The molecule has 5 rings (SSSR count). The number of nitrogens with zero attached hydrogens (tertiary/aromatic N) is 4. The number of aromatic nitrogens is 3. The molecule has 0 unspecified atom stereocenters. The van der Waals surface area contributed by atoms with Crippen LogP contribution < -0.4 is 11.1 Å². The summed E-state index contributed by atoms with van der Waals surface area (Å²) in [5.41, 5.74) is 6.06. The van der Waals surface area contributed by atoms with Crippen LogP contribution in [-0.4, -0.2) is 49.5 Å². The Kier molecular flexibility index (Phi) is 5.13. The number of halogens is 2. The SMILES string of the molecule is NC(=O)c1nn(CC(=O)N2[C@@H]3C[C@@H]3C[C@H]2C(=O)Nc2cccc(Br)n2)c2cc(Cl)ccc12. The third kappa shape index (κ3) is 3.73. The number of fused-ring (bicyclic) bond motifs is 2. The lowest BCUT2D eigenvalue weighted by Crippen LogP contribution is -2.46. The van der Waals surface area contributed by atoms with E-state index in [0.29, 0.717) is 38.7 Å². The normalized spacial score (nSPS) is 21.4. The van der Waals surface area contributed by atoms with Gasteiger partial charge in [-0.05, 0) is 65.0 Å². The van der Waals surface area contributed by atoms with Crippen LogP contribution in [0.5, 0.6) is 0 Å². The van der Waals surface area contributed by atoms with Crippen molar-refractivity contribution in [1.82, 2.24) is 19.7 Å². The van der Waals surface area contributed by atoms with Gasteiger partial charge in [0.15, 0.2) is 5.69 Å². The molecule has 1 aromatic carbocycles. The molecular weight excluding hydrogens is 500 g/mol. The lowest BCUT2D eigenvalue weighted by molar-refractivity contribution is -0.138. The molecule has 1 aliphatic heterocycles. The lowest BCUT2D eigenvalue weighted by atomic mass is 10.1. The number of piperidine rings is 1. The molecule has 0 bridgehead atoms. The molecule has 164 valence electrons. The summed E-state index contributed by atoms with van der Waals surface area (Å²) >= 11 is 9.39. The maximum Gasteiger partial charge on any atom is 0.269 e. The number of carbonyl (C=O) groups is 3. The Morgan fingerprint density at radius 2 is 2.03 bits per heavy atom. The van der Waals surface area contributed by atoms with E-state index in [1.54, 1.807) is 41.3 Å². The smallest absolute Gasteiger partial charge is 0.269 e. The fourth-order valence-corrected chi connectivity index (χ4v) is 4.91. The summed E-state index contributed by atoms with van der Waals surface area (Å²) in [5, 5.41) is 8.02. The number of amides is 3. The van der Waals surface area contributed by atoms with E-state index in [4.69, 9.17) is 17.3 Å². The van der Waals surface area contributed by atoms with Gasteiger partial charge in [0.25, 0.3) is 5.91 Å². The summed E-state index contributed by atoms with van der Waals surface area (Å²) in [7, 11) is 0. The highest BCUT2D eigenvalue weighted by Gasteiger charge is 2.56. The van der Waals surface area contributed by atoms with E-state index < -0.39 is 11.9 Å². The Morgan fingerprint density at radius 3 is 2.78 bits per heavy atom. The standard InChI is InChI=1S/C21H18BrClN6O3/c22-16-2-1-3-17(25-16)26-21(32)15-7-10-6-13(10)29(15)18(30)9-28-14-8-11(23)4-5-12(14)19(27-28)20(24)31/h1-5,8,10,13,15H,6-7,9H2,(H2,24,31)(H,25,26,32)/t10-,13-,15+/m1/s1.